The van der Waals surface area contributed by atoms with Gasteiger partial charge >= 0.3 is 5.97 Å². The third-order valence-electron chi connectivity index (χ3n) is 15.9. The van der Waals surface area contributed by atoms with Gasteiger partial charge in [-0.25, -0.2) is 4.79 Å². The smallest absolute Gasteiger partial charge is 0.335 e. The molecule has 1 amide bonds. The predicted molar refractivity (Wildman–Crippen MR) is 200 cm³/mol. The number of allylic oxidation sites excluding steroid dienone is 3. The molecule has 5 aliphatic rings. The van der Waals surface area contributed by atoms with Crippen LogP contribution in [-0.2, 0) is 4.79 Å². The van der Waals surface area contributed by atoms with E-state index in [9.17, 15) is 14.7 Å². The first-order valence-corrected chi connectivity index (χ1v) is 19.4. The Bertz CT molecular complexity index is 1480. The zero-order chi connectivity index (χ0) is 35.6. The third kappa shape index (κ3) is 5.76. The largest absolute Gasteiger partial charge is 0.478 e. The SMILES string of the molecule is C=C(C)C1CCC2(NCCNCCC(=O)N(C)C)CCC3(C)C(CCC4C5(C)CC=C(c6ccc(C(=O)O)cc6)C(C)(C)C5CCC43C)C12. The minimum atomic E-state index is -0.864. The summed E-state index contributed by atoms with van der Waals surface area (Å²) in [6, 6.07) is 7.60. The van der Waals surface area contributed by atoms with Crippen LogP contribution in [0, 0.1) is 51.2 Å². The number of aromatic carboxylic acids is 1. The maximum Gasteiger partial charge on any atom is 0.335 e. The molecule has 6 heteroatoms. The first kappa shape index (κ1) is 36.4. The van der Waals surface area contributed by atoms with Crippen molar-refractivity contribution in [3.05, 3.63) is 53.6 Å². The monoisotopic (exact) mass is 672 g/mol. The Morgan fingerprint density at radius 1 is 0.878 bits per heavy atom. The molecule has 0 bridgehead atoms. The number of carbonyl (C=O) groups is 2. The van der Waals surface area contributed by atoms with Crippen molar-refractivity contribution in [2.75, 3.05) is 33.7 Å². The molecule has 1 aromatic carbocycles. The molecule has 4 saturated carbocycles. The van der Waals surface area contributed by atoms with Crippen LogP contribution in [0.3, 0.4) is 0 Å². The maximum atomic E-state index is 12.0. The quantitative estimate of drug-likeness (QED) is 0.172. The second-order valence-corrected chi connectivity index (χ2v) is 18.5. The van der Waals surface area contributed by atoms with Crippen molar-refractivity contribution in [1.29, 1.82) is 0 Å². The molecule has 49 heavy (non-hydrogen) atoms. The molecule has 0 radical (unpaired) electrons. The summed E-state index contributed by atoms with van der Waals surface area (Å²) in [6.45, 7) is 22.5. The van der Waals surface area contributed by atoms with E-state index in [1.807, 2.05) is 26.2 Å². The van der Waals surface area contributed by atoms with Gasteiger partial charge in [0.05, 0.1) is 5.56 Å². The summed E-state index contributed by atoms with van der Waals surface area (Å²) in [5.41, 5.74) is 5.35. The Balaban J connectivity index is 1.23. The molecule has 6 nitrogen and oxygen atoms in total. The highest BCUT2D eigenvalue weighted by molar-refractivity contribution is 5.88. The first-order valence-electron chi connectivity index (χ1n) is 19.4. The van der Waals surface area contributed by atoms with Gasteiger partial charge in [0.15, 0.2) is 0 Å². The Morgan fingerprint density at radius 3 is 2.24 bits per heavy atom. The fraction of sp³-hybridized carbons (Fsp3) is 0.721. The van der Waals surface area contributed by atoms with Gasteiger partial charge in [-0.05, 0) is 139 Å². The van der Waals surface area contributed by atoms with Gasteiger partial charge < -0.3 is 20.6 Å². The summed E-state index contributed by atoms with van der Waals surface area (Å²) < 4.78 is 0. The molecule has 6 rings (SSSR count). The molecule has 4 fully saturated rings. The van der Waals surface area contributed by atoms with Gasteiger partial charge in [-0.2, -0.15) is 0 Å². The molecule has 0 heterocycles. The van der Waals surface area contributed by atoms with Gasteiger partial charge in [0.2, 0.25) is 5.91 Å². The van der Waals surface area contributed by atoms with E-state index in [0.29, 0.717) is 52.4 Å². The van der Waals surface area contributed by atoms with Crippen molar-refractivity contribution in [3.8, 4) is 0 Å². The number of carbonyl (C=O) groups excluding carboxylic acids is 1. The number of fused-ring (bicyclic) bond motifs is 7. The van der Waals surface area contributed by atoms with E-state index in [0.717, 1.165) is 26.1 Å². The van der Waals surface area contributed by atoms with Gasteiger partial charge in [0, 0.05) is 45.7 Å². The number of nitrogens with one attached hydrogen (secondary N) is 2. The van der Waals surface area contributed by atoms with E-state index in [-0.39, 0.29) is 22.3 Å². The molecule has 0 aromatic heterocycles. The lowest BCUT2D eigenvalue weighted by Crippen LogP contribution is -2.68. The van der Waals surface area contributed by atoms with Crippen LogP contribution in [0.4, 0.5) is 0 Å². The van der Waals surface area contributed by atoms with E-state index in [2.05, 4.69) is 64.8 Å². The number of rotatable bonds is 10. The molecule has 3 N–H and O–H groups in total. The molecule has 0 saturated heterocycles. The molecule has 9 atom stereocenters. The first-order chi connectivity index (χ1) is 23.0. The van der Waals surface area contributed by atoms with Gasteiger partial charge in [0.25, 0.3) is 0 Å². The number of carboxylic acids is 1. The van der Waals surface area contributed by atoms with E-state index in [4.69, 9.17) is 0 Å². The fourth-order valence-electron chi connectivity index (χ4n) is 13.3. The average Bonchev–Trinajstić information content (AvgIpc) is 3.43. The van der Waals surface area contributed by atoms with Gasteiger partial charge in [-0.15, -0.1) is 0 Å². The predicted octanol–water partition coefficient (Wildman–Crippen LogP) is 8.45. The average molecular weight is 672 g/mol. The number of hydrogen-bond acceptors (Lipinski definition) is 4. The Morgan fingerprint density at radius 2 is 1.59 bits per heavy atom. The van der Waals surface area contributed by atoms with E-state index in [1.54, 1.807) is 17.0 Å². The van der Waals surface area contributed by atoms with Crippen molar-refractivity contribution in [1.82, 2.24) is 15.5 Å². The summed E-state index contributed by atoms with van der Waals surface area (Å²) in [5, 5.41) is 17.2. The van der Waals surface area contributed by atoms with Crippen LogP contribution in [0.25, 0.3) is 5.57 Å². The second-order valence-electron chi connectivity index (χ2n) is 18.5. The molecular formula is C43H65N3O3. The normalized spacial score (nSPS) is 39.1. The summed E-state index contributed by atoms with van der Waals surface area (Å²) in [7, 11) is 3.65. The van der Waals surface area contributed by atoms with Gasteiger partial charge in [0.1, 0.15) is 0 Å². The Kier molecular flexibility index (Phi) is 9.61. The topological polar surface area (TPSA) is 81.7 Å². The summed E-state index contributed by atoms with van der Waals surface area (Å²) >= 11 is 0. The minimum absolute atomic E-state index is 0.0206. The summed E-state index contributed by atoms with van der Waals surface area (Å²) in [5.74, 6) is 2.50. The lowest BCUT2D eigenvalue weighted by atomic mass is 9.33. The molecule has 9 unspecified atom stereocenters. The molecule has 5 aliphatic carbocycles. The Labute approximate surface area is 297 Å². The molecule has 0 spiro atoms. The third-order valence-corrected chi connectivity index (χ3v) is 15.9. The Hall–Kier alpha value is -2.44. The summed E-state index contributed by atoms with van der Waals surface area (Å²) in [6.07, 6.45) is 14.4. The number of benzene rings is 1. The second kappa shape index (κ2) is 13.0. The van der Waals surface area contributed by atoms with E-state index < -0.39 is 5.97 Å². The van der Waals surface area contributed by atoms with Crippen molar-refractivity contribution in [2.24, 2.45) is 51.2 Å². The summed E-state index contributed by atoms with van der Waals surface area (Å²) in [4.78, 5) is 25.3. The number of nitrogens with zero attached hydrogens (tertiary/aromatic N) is 1. The van der Waals surface area contributed by atoms with E-state index >= 15 is 0 Å². The van der Waals surface area contributed by atoms with Crippen molar-refractivity contribution in [3.63, 3.8) is 0 Å². The minimum Gasteiger partial charge on any atom is -0.478 e. The van der Waals surface area contributed by atoms with Crippen LogP contribution < -0.4 is 10.6 Å². The molecule has 1 aromatic rings. The van der Waals surface area contributed by atoms with Gasteiger partial charge in [-0.1, -0.05) is 65.0 Å². The molecule has 0 aliphatic heterocycles. The highest BCUT2D eigenvalue weighted by Gasteiger charge is 2.70. The van der Waals surface area contributed by atoms with Crippen LogP contribution in [0.1, 0.15) is 122 Å². The van der Waals surface area contributed by atoms with Crippen LogP contribution >= 0.6 is 0 Å². The van der Waals surface area contributed by atoms with Crippen molar-refractivity contribution in [2.45, 2.75) is 111 Å². The van der Waals surface area contributed by atoms with Crippen LogP contribution in [-0.4, -0.2) is 61.2 Å². The number of carboxylic acid groups (broad SMARTS) is 1. The van der Waals surface area contributed by atoms with E-state index in [1.165, 1.54) is 68.1 Å². The number of amides is 1. The fourth-order valence-corrected chi connectivity index (χ4v) is 13.3. The van der Waals surface area contributed by atoms with Crippen LogP contribution in [0.5, 0.6) is 0 Å². The van der Waals surface area contributed by atoms with Gasteiger partial charge in [-0.3, -0.25) is 4.79 Å². The zero-order valence-electron chi connectivity index (χ0n) is 31.9. The van der Waals surface area contributed by atoms with Crippen LogP contribution in [0.2, 0.25) is 0 Å². The molecule has 270 valence electrons. The maximum absolute atomic E-state index is 12.0. The lowest BCUT2D eigenvalue weighted by molar-refractivity contribution is -0.219. The lowest BCUT2D eigenvalue weighted by Gasteiger charge is -2.72. The highest BCUT2D eigenvalue weighted by atomic mass is 16.4. The highest BCUT2D eigenvalue weighted by Crippen LogP contribution is 2.76. The molecular weight excluding hydrogens is 606 g/mol. The standard InChI is InChI=1S/C43H65N3O3/c1-28(2)31-16-22-43(45-27-26-44-25-19-36(47)46(8)9)24-23-41(6)33(37(31)43)14-15-35-40(5)20-17-32(29-10-12-30(13-11-29)38(48)49)39(3,4)34(40)18-21-42(35,41)7/h10-13,17,31,33-35,37,44-45H,1,14-16,18-27H2,2-9H3,(H,48,49). The van der Waals surface area contributed by atoms with Crippen molar-refractivity contribution < 1.29 is 14.7 Å². The van der Waals surface area contributed by atoms with Crippen LogP contribution in [0.15, 0.2) is 42.5 Å². The zero-order valence-corrected chi connectivity index (χ0v) is 31.9. The number of hydrogen-bond donors (Lipinski definition) is 3. The van der Waals surface area contributed by atoms with Crippen molar-refractivity contribution >= 4 is 17.4 Å².